The number of aryl methyl sites for hydroxylation is 1. The highest BCUT2D eigenvalue weighted by Crippen LogP contribution is 2.39. The molecule has 0 radical (unpaired) electrons. The molecule has 0 bridgehead atoms. The van der Waals surface area contributed by atoms with Crippen LogP contribution in [-0.2, 0) is 5.66 Å². The monoisotopic (exact) mass is 293 g/mol. The number of amidine groups is 1. The van der Waals surface area contributed by atoms with E-state index < -0.39 is 5.66 Å². The Morgan fingerprint density at radius 2 is 1.68 bits per heavy atom. The molecule has 1 atom stereocenters. The van der Waals surface area contributed by atoms with Crippen molar-refractivity contribution in [3.63, 3.8) is 0 Å². The second kappa shape index (κ2) is 5.30. The molecule has 0 saturated carbocycles. The summed E-state index contributed by atoms with van der Waals surface area (Å²) in [5.74, 6) is 1.29. The maximum atomic E-state index is 6.02. The van der Waals surface area contributed by atoms with Gasteiger partial charge < -0.3 is 10.5 Å². The van der Waals surface area contributed by atoms with Crippen molar-refractivity contribution in [2.75, 3.05) is 7.11 Å². The predicted octanol–water partition coefficient (Wildman–Crippen LogP) is 3.04. The van der Waals surface area contributed by atoms with Crippen molar-refractivity contribution < 1.29 is 4.74 Å². The van der Waals surface area contributed by atoms with Crippen LogP contribution < -0.4 is 10.5 Å². The minimum Gasteiger partial charge on any atom is -0.497 e. The molecule has 2 aromatic rings. The van der Waals surface area contributed by atoms with Gasteiger partial charge >= 0.3 is 0 Å². The van der Waals surface area contributed by atoms with E-state index in [0.29, 0.717) is 5.84 Å². The summed E-state index contributed by atoms with van der Waals surface area (Å²) in [5.41, 5.74) is 9.13. The second-order valence-corrected chi connectivity index (χ2v) is 5.46. The number of nitrogens with zero attached hydrogens (tertiary/aromatic N) is 2. The number of hydrogen-bond acceptors (Lipinski definition) is 4. The Morgan fingerprint density at radius 3 is 2.23 bits per heavy atom. The topological polar surface area (TPSA) is 60.0 Å². The third kappa shape index (κ3) is 2.26. The molecule has 1 heterocycles. The van der Waals surface area contributed by atoms with Gasteiger partial charge in [-0.25, -0.2) is 9.98 Å². The first-order chi connectivity index (χ1) is 10.5. The zero-order chi connectivity index (χ0) is 15.7. The van der Waals surface area contributed by atoms with E-state index in [0.717, 1.165) is 22.6 Å². The maximum Gasteiger partial charge on any atom is 0.204 e. The Balaban J connectivity index is 2.21. The standard InChI is InChI=1S/C18H19N3O/c1-12-5-4-6-15(11-12)18(20-13(2)17(19)21-18)14-7-9-16(22-3)10-8-14/h4-11H,1-3H3,(H2,19,21)/t18-/m1/s1. The van der Waals surface area contributed by atoms with Crippen LogP contribution in [0.5, 0.6) is 5.75 Å². The van der Waals surface area contributed by atoms with Crippen molar-refractivity contribution in [1.29, 1.82) is 0 Å². The molecule has 2 N–H and O–H groups in total. The van der Waals surface area contributed by atoms with Crippen LogP contribution in [0.3, 0.4) is 0 Å². The van der Waals surface area contributed by atoms with E-state index in [1.165, 1.54) is 5.56 Å². The largest absolute Gasteiger partial charge is 0.497 e. The van der Waals surface area contributed by atoms with Crippen LogP contribution in [0.1, 0.15) is 23.6 Å². The Morgan fingerprint density at radius 1 is 0.955 bits per heavy atom. The van der Waals surface area contributed by atoms with Crippen LogP contribution >= 0.6 is 0 Å². The molecule has 2 aromatic carbocycles. The summed E-state index contributed by atoms with van der Waals surface area (Å²) < 4.78 is 5.24. The number of nitrogens with two attached hydrogens (primary N) is 1. The first-order valence-corrected chi connectivity index (χ1v) is 7.19. The molecule has 1 aliphatic heterocycles. The molecule has 0 fully saturated rings. The predicted molar refractivity (Wildman–Crippen MR) is 89.7 cm³/mol. The van der Waals surface area contributed by atoms with E-state index in [1.807, 2.05) is 43.3 Å². The Bertz CT molecular complexity index is 742. The maximum absolute atomic E-state index is 6.02. The summed E-state index contributed by atoms with van der Waals surface area (Å²) >= 11 is 0. The number of rotatable bonds is 3. The summed E-state index contributed by atoms with van der Waals surface area (Å²) in [6, 6.07) is 16.0. The van der Waals surface area contributed by atoms with Crippen LogP contribution in [0.15, 0.2) is 58.5 Å². The molecule has 3 rings (SSSR count). The molecule has 0 unspecified atom stereocenters. The molecule has 4 heteroatoms. The number of aliphatic imine (C=N–C) groups is 2. The van der Waals surface area contributed by atoms with Crippen molar-refractivity contribution >= 4 is 11.5 Å². The molecule has 0 amide bonds. The lowest BCUT2D eigenvalue weighted by molar-refractivity contribution is 0.414. The minimum atomic E-state index is -0.799. The fourth-order valence-electron chi connectivity index (χ4n) is 2.69. The number of hydrogen-bond donors (Lipinski definition) is 1. The Hall–Kier alpha value is -2.62. The second-order valence-electron chi connectivity index (χ2n) is 5.46. The van der Waals surface area contributed by atoms with Crippen molar-refractivity contribution in [2.45, 2.75) is 19.5 Å². The highest BCUT2D eigenvalue weighted by Gasteiger charge is 2.38. The molecular weight excluding hydrogens is 274 g/mol. The van der Waals surface area contributed by atoms with Crippen molar-refractivity contribution in [3.05, 3.63) is 65.2 Å². The van der Waals surface area contributed by atoms with Crippen molar-refractivity contribution in [3.8, 4) is 5.75 Å². The molecule has 4 nitrogen and oxygen atoms in total. The van der Waals surface area contributed by atoms with E-state index in [2.05, 4.69) is 24.0 Å². The minimum absolute atomic E-state index is 0.484. The van der Waals surface area contributed by atoms with Gasteiger partial charge in [0.25, 0.3) is 0 Å². The van der Waals surface area contributed by atoms with Crippen molar-refractivity contribution in [1.82, 2.24) is 0 Å². The summed E-state index contributed by atoms with van der Waals surface area (Å²) in [6.45, 7) is 3.95. The molecule has 0 spiro atoms. The summed E-state index contributed by atoms with van der Waals surface area (Å²) in [6.07, 6.45) is 0. The van der Waals surface area contributed by atoms with Crippen LogP contribution in [0, 0.1) is 6.92 Å². The van der Waals surface area contributed by atoms with Gasteiger partial charge in [-0.05, 0) is 26.0 Å². The van der Waals surface area contributed by atoms with Crippen LogP contribution in [-0.4, -0.2) is 18.7 Å². The van der Waals surface area contributed by atoms with Gasteiger partial charge in [-0.2, -0.15) is 0 Å². The number of ether oxygens (including phenoxy) is 1. The van der Waals surface area contributed by atoms with Gasteiger partial charge in [-0.1, -0.05) is 42.0 Å². The molecule has 112 valence electrons. The van der Waals surface area contributed by atoms with Crippen molar-refractivity contribution in [2.24, 2.45) is 15.7 Å². The highest BCUT2D eigenvalue weighted by molar-refractivity contribution is 6.41. The SMILES string of the molecule is COc1ccc([C@@]2(c3cccc(C)c3)N=C(C)C(N)=N2)cc1. The quantitative estimate of drug-likeness (QED) is 0.945. The molecule has 0 aromatic heterocycles. The smallest absolute Gasteiger partial charge is 0.204 e. The number of benzene rings is 2. The van der Waals surface area contributed by atoms with Gasteiger partial charge in [-0.15, -0.1) is 0 Å². The van der Waals surface area contributed by atoms with Gasteiger partial charge in [-0.3, -0.25) is 0 Å². The lowest BCUT2D eigenvalue weighted by Gasteiger charge is -2.25. The molecule has 1 aliphatic rings. The third-order valence-electron chi connectivity index (χ3n) is 3.90. The highest BCUT2D eigenvalue weighted by atomic mass is 16.5. The van der Waals surface area contributed by atoms with E-state index >= 15 is 0 Å². The van der Waals surface area contributed by atoms with Gasteiger partial charge in [0.15, 0.2) is 0 Å². The Labute approximate surface area is 130 Å². The third-order valence-corrected chi connectivity index (χ3v) is 3.90. The lowest BCUT2D eigenvalue weighted by Crippen LogP contribution is -2.22. The Kier molecular flexibility index (Phi) is 3.45. The molecule has 0 saturated heterocycles. The fraction of sp³-hybridized carbons (Fsp3) is 0.222. The first-order valence-electron chi connectivity index (χ1n) is 7.19. The van der Waals surface area contributed by atoms with E-state index in [1.54, 1.807) is 7.11 Å². The fourth-order valence-corrected chi connectivity index (χ4v) is 2.69. The van der Waals surface area contributed by atoms with E-state index in [9.17, 15) is 0 Å². The summed E-state index contributed by atoms with van der Waals surface area (Å²) in [7, 11) is 1.65. The number of methoxy groups -OCH3 is 1. The van der Waals surface area contributed by atoms with Crippen LogP contribution in [0.4, 0.5) is 0 Å². The van der Waals surface area contributed by atoms with E-state index in [-0.39, 0.29) is 0 Å². The molecule has 22 heavy (non-hydrogen) atoms. The van der Waals surface area contributed by atoms with Crippen LogP contribution in [0.2, 0.25) is 0 Å². The molecular formula is C18H19N3O. The average molecular weight is 293 g/mol. The average Bonchev–Trinajstić information content (AvgIpc) is 2.84. The molecule has 0 aliphatic carbocycles. The van der Waals surface area contributed by atoms with Gasteiger partial charge in [0, 0.05) is 11.1 Å². The first kappa shape index (κ1) is 14.3. The summed E-state index contributed by atoms with van der Waals surface area (Å²) in [4.78, 5) is 9.47. The van der Waals surface area contributed by atoms with E-state index in [4.69, 9.17) is 15.5 Å². The lowest BCUT2D eigenvalue weighted by atomic mass is 9.91. The van der Waals surface area contributed by atoms with Crippen LogP contribution in [0.25, 0.3) is 0 Å². The normalized spacial score (nSPS) is 20.5. The summed E-state index contributed by atoms with van der Waals surface area (Å²) in [5, 5.41) is 0. The van der Waals surface area contributed by atoms with Gasteiger partial charge in [0.05, 0.1) is 12.8 Å². The van der Waals surface area contributed by atoms with Gasteiger partial charge in [0.2, 0.25) is 5.66 Å². The zero-order valence-corrected chi connectivity index (χ0v) is 13.0. The van der Waals surface area contributed by atoms with Gasteiger partial charge in [0.1, 0.15) is 11.6 Å². The zero-order valence-electron chi connectivity index (χ0n) is 13.0.